The van der Waals surface area contributed by atoms with E-state index in [-0.39, 0.29) is 6.61 Å². The van der Waals surface area contributed by atoms with Crippen LogP contribution in [-0.2, 0) is 14.3 Å². The van der Waals surface area contributed by atoms with Gasteiger partial charge in [-0.3, -0.25) is 4.79 Å². The van der Waals surface area contributed by atoms with Crippen LogP contribution in [0.5, 0.6) is 0 Å². The molecule has 0 amide bonds. The molecule has 1 unspecified atom stereocenters. The molecule has 0 aliphatic rings. The second-order valence-corrected chi connectivity index (χ2v) is 5.04. The Morgan fingerprint density at radius 1 is 1.22 bits per heavy atom. The number of carbonyl (C=O) groups is 1. The zero-order valence-electron chi connectivity index (χ0n) is 10.9. The Bertz CT molecular complexity index is 283. The Balaban J connectivity index is 4.75. The highest BCUT2D eigenvalue weighted by Crippen LogP contribution is 2.36. The first-order chi connectivity index (χ1) is 7.91. The Morgan fingerprint density at radius 3 is 2.06 bits per heavy atom. The number of carbonyl (C=O) groups excluding carboxylic acids is 1. The van der Waals surface area contributed by atoms with Crippen LogP contribution in [0, 0.1) is 0 Å². The van der Waals surface area contributed by atoms with Crippen LogP contribution in [0.1, 0.15) is 33.6 Å². The summed E-state index contributed by atoms with van der Waals surface area (Å²) in [6, 6.07) is 0. The number of aliphatic hydroxyl groups is 1. The van der Waals surface area contributed by atoms with Crippen LogP contribution in [0.25, 0.3) is 0 Å². The monoisotopic (exact) mass is 272 g/mol. The quantitative estimate of drug-likeness (QED) is 0.778. The van der Waals surface area contributed by atoms with Gasteiger partial charge in [-0.05, 0) is 20.8 Å². The van der Waals surface area contributed by atoms with Gasteiger partial charge in [0.05, 0.1) is 6.42 Å². The van der Waals surface area contributed by atoms with Crippen LogP contribution >= 0.6 is 0 Å². The van der Waals surface area contributed by atoms with Crippen molar-refractivity contribution in [1.29, 1.82) is 0 Å². The molecule has 7 heteroatoms. The molecular weight excluding hydrogens is 253 g/mol. The number of esters is 1. The molecule has 0 saturated carbocycles. The van der Waals surface area contributed by atoms with E-state index in [1.165, 1.54) is 27.9 Å². The fraction of sp³-hybridized carbons (Fsp3) is 0.909. The molecule has 0 rings (SSSR count). The number of hydrogen-bond acceptors (Lipinski definition) is 4. The molecular formula is C11H19F3O4. The summed E-state index contributed by atoms with van der Waals surface area (Å²) >= 11 is 0. The molecule has 0 heterocycles. The van der Waals surface area contributed by atoms with Gasteiger partial charge < -0.3 is 14.6 Å². The summed E-state index contributed by atoms with van der Waals surface area (Å²) in [5.74, 6) is -1.10. The molecule has 1 N–H and O–H groups in total. The Hall–Kier alpha value is -0.820. The molecule has 18 heavy (non-hydrogen) atoms. The number of ether oxygens (including phenoxy) is 2. The van der Waals surface area contributed by atoms with E-state index in [4.69, 9.17) is 4.74 Å². The lowest BCUT2D eigenvalue weighted by Gasteiger charge is -2.30. The predicted octanol–water partition coefficient (Wildman–Crippen LogP) is 2.05. The number of halogens is 3. The van der Waals surface area contributed by atoms with Crippen molar-refractivity contribution in [3.8, 4) is 0 Å². The summed E-state index contributed by atoms with van der Waals surface area (Å²) in [4.78, 5) is 11.4. The summed E-state index contributed by atoms with van der Waals surface area (Å²) < 4.78 is 47.4. The third-order valence-corrected chi connectivity index (χ3v) is 2.10. The molecule has 108 valence electrons. The van der Waals surface area contributed by atoms with Gasteiger partial charge in [0.15, 0.2) is 5.60 Å². The third kappa shape index (κ3) is 5.68. The van der Waals surface area contributed by atoms with Crippen LogP contribution in [0.3, 0.4) is 0 Å². The van der Waals surface area contributed by atoms with Gasteiger partial charge in [-0.15, -0.1) is 0 Å². The van der Waals surface area contributed by atoms with Crippen molar-refractivity contribution < 1.29 is 32.5 Å². The van der Waals surface area contributed by atoms with E-state index in [9.17, 15) is 23.1 Å². The first-order valence-electron chi connectivity index (χ1n) is 5.41. The minimum atomic E-state index is -4.91. The smallest absolute Gasteiger partial charge is 0.417 e. The van der Waals surface area contributed by atoms with Gasteiger partial charge >= 0.3 is 12.1 Å². The topological polar surface area (TPSA) is 55.8 Å². The van der Waals surface area contributed by atoms with Crippen molar-refractivity contribution in [3.05, 3.63) is 0 Å². The summed E-state index contributed by atoms with van der Waals surface area (Å²) in [5, 5.41) is 9.54. The molecule has 0 radical (unpaired) electrons. The van der Waals surface area contributed by atoms with Crippen molar-refractivity contribution in [2.75, 3.05) is 13.7 Å². The van der Waals surface area contributed by atoms with E-state index in [2.05, 4.69) is 4.74 Å². The number of hydrogen-bond donors (Lipinski definition) is 1. The van der Waals surface area contributed by atoms with Crippen molar-refractivity contribution in [1.82, 2.24) is 0 Å². The summed E-state index contributed by atoms with van der Waals surface area (Å²) in [6.07, 6.45) is -6.77. The maximum atomic E-state index is 12.7. The van der Waals surface area contributed by atoms with Gasteiger partial charge in [0.2, 0.25) is 0 Å². The average Bonchev–Trinajstić information content (AvgIpc) is 2.09. The molecule has 4 nitrogen and oxygen atoms in total. The van der Waals surface area contributed by atoms with Gasteiger partial charge in [-0.2, -0.15) is 13.2 Å². The largest absolute Gasteiger partial charge is 0.460 e. The molecule has 1 atom stereocenters. The highest BCUT2D eigenvalue weighted by Gasteiger charge is 2.54. The zero-order chi connectivity index (χ0) is 14.6. The van der Waals surface area contributed by atoms with Gasteiger partial charge in [0, 0.05) is 20.1 Å². The normalized spacial score (nSPS) is 16.2. The second-order valence-electron chi connectivity index (χ2n) is 5.04. The first kappa shape index (κ1) is 17.2. The Labute approximate surface area is 104 Å². The highest BCUT2D eigenvalue weighted by molar-refractivity contribution is 5.71. The van der Waals surface area contributed by atoms with Crippen molar-refractivity contribution in [3.63, 3.8) is 0 Å². The lowest BCUT2D eigenvalue weighted by Crippen LogP contribution is -2.48. The Kier molecular flexibility index (Phi) is 5.61. The van der Waals surface area contributed by atoms with Crippen LogP contribution in [0.4, 0.5) is 13.2 Å². The van der Waals surface area contributed by atoms with E-state index < -0.39 is 36.2 Å². The van der Waals surface area contributed by atoms with Gasteiger partial charge in [0.1, 0.15) is 5.60 Å². The van der Waals surface area contributed by atoms with Gasteiger partial charge in [-0.25, -0.2) is 0 Å². The molecule has 0 saturated heterocycles. The number of rotatable bonds is 5. The van der Waals surface area contributed by atoms with Gasteiger partial charge in [0.25, 0.3) is 0 Å². The summed E-state index contributed by atoms with van der Waals surface area (Å²) in [5.41, 5.74) is -4.02. The molecule has 0 aromatic carbocycles. The van der Waals surface area contributed by atoms with Crippen molar-refractivity contribution in [2.45, 2.75) is 51.0 Å². The van der Waals surface area contributed by atoms with Crippen LogP contribution in [0.2, 0.25) is 0 Å². The molecule has 0 aliphatic heterocycles. The molecule has 0 fully saturated rings. The maximum Gasteiger partial charge on any atom is 0.417 e. The van der Waals surface area contributed by atoms with Gasteiger partial charge in [-0.1, -0.05) is 0 Å². The SMILES string of the molecule is COCCC(O)(CC(=O)OC(C)(C)C)C(F)(F)F. The molecule has 0 aliphatic carbocycles. The van der Waals surface area contributed by atoms with E-state index in [0.29, 0.717) is 0 Å². The molecule has 0 aromatic heterocycles. The van der Waals surface area contributed by atoms with Crippen LogP contribution in [0.15, 0.2) is 0 Å². The number of methoxy groups -OCH3 is 1. The first-order valence-corrected chi connectivity index (χ1v) is 5.41. The molecule has 0 aromatic rings. The lowest BCUT2D eigenvalue weighted by molar-refractivity contribution is -0.268. The molecule has 0 bridgehead atoms. The minimum absolute atomic E-state index is 0.307. The highest BCUT2D eigenvalue weighted by atomic mass is 19.4. The van der Waals surface area contributed by atoms with Crippen LogP contribution in [-0.4, -0.2) is 42.2 Å². The summed E-state index contributed by atoms with van der Waals surface area (Å²) in [7, 11) is 1.21. The van der Waals surface area contributed by atoms with Crippen molar-refractivity contribution in [2.24, 2.45) is 0 Å². The third-order valence-electron chi connectivity index (χ3n) is 2.10. The van der Waals surface area contributed by atoms with E-state index in [1.54, 1.807) is 0 Å². The average molecular weight is 272 g/mol. The lowest BCUT2D eigenvalue weighted by atomic mass is 9.95. The Morgan fingerprint density at radius 2 is 1.72 bits per heavy atom. The zero-order valence-corrected chi connectivity index (χ0v) is 10.9. The van der Waals surface area contributed by atoms with Crippen LogP contribution < -0.4 is 0 Å². The fourth-order valence-electron chi connectivity index (χ4n) is 1.22. The van der Waals surface area contributed by atoms with E-state index in [1.807, 2.05) is 0 Å². The molecule has 0 spiro atoms. The fourth-order valence-corrected chi connectivity index (χ4v) is 1.22. The predicted molar refractivity (Wildman–Crippen MR) is 58.0 cm³/mol. The van der Waals surface area contributed by atoms with Crippen molar-refractivity contribution >= 4 is 5.97 Å². The van der Waals surface area contributed by atoms with E-state index >= 15 is 0 Å². The number of alkyl halides is 3. The second kappa shape index (κ2) is 5.88. The van der Waals surface area contributed by atoms with E-state index in [0.717, 1.165) is 0 Å². The standard InChI is InChI=1S/C11H19F3O4/c1-9(2,3)18-8(15)7-10(16,5-6-17-4)11(12,13)14/h16H,5-7H2,1-4H3. The summed E-state index contributed by atoms with van der Waals surface area (Å²) in [6.45, 7) is 4.30. The maximum absolute atomic E-state index is 12.7. The minimum Gasteiger partial charge on any atom is -0.460 e.